The SMILES string of the molecule is COC(=O)c1cc(Br)c2[nH]c(C3=CCCNC3)cc2c1. The Morgan fingerprint density at radius 2 is 2.20 bits per heavy atom. The lowest BCUT2D eigenvalue weighted by atomic mass is 10.1. The maximum Gasteiger partial charge on any atom is 0.337 e. The fraction of sp³-hybridized carbons (Fsp3) is 0.267. The quantitative estimate of drug-likeness (QED) is 0.830. The smallest absolute Gasteiger partial charge is 0.337 e. The minimum Gasteiger partial charge on any atom is -0.465 e. The van der Waals surface area contributed by atoms with Crippen molar-refractivity contribution >= 4 is 38.4 Å². The van der Waals surface area contributed by atoms with Crippen LogP contribution in [-0.4, -0.2) is 31.2 Å². The van der Waals surface area contributed by atoms with Gasteiger partial charge < -0.3 is 15.0 Å². The first-order chi connectivity index (χ1) is 9.69. The minimum atomic E-state index is -0.325. The van der Waals surface area contributed by atoms with E-state index in [1.807, 2.05) is 6.07 Å². The van der Waals surface area contributed by atoms with Crippen molar-refractivity contribution in [2.45, 2.75) is 6.42 Å². The van der Waals surface area contributed by atoms with E-state index in [4.69, 9.17) is 4.74 Å². The number of esters is 1. The van der Waals surface area contributed by atoms with Crippen molar-refractivity contribution in [2.75, 3.05) is 20.2 Å². The number of hydrogen-bond donors (Lipinski definition) is 2. The van der Waals surface area contributed by atoms with Crippen molar-refractivity contribution in [3.8, 4) is 0 Å². The standard InChI is InChI=1S/C15H15BrN2O2/c1-20-15(19)11-5-10-7-13(9-3-2-4-17-8-9)18-14(10)12(16)6-11/h3,5-7,17-18H,2,4,8H2,1H3. The molecule has 2 N–H and O–H groups in total. The number of methoxy groups -OCH3 is 1. The molecule has 104 valence electrons. The predicted molar refractivity (Wildman–Crippen MR) is 82.8 cm³/mol. The van der Waals surface area contributed by atoms with E-state index in [-0.39, 0.29) is 5.97 Å². The zero-order chi connectivity index (χ0) is 14.1. The Bertz CT molecular complexity index is 703. The Labute approximate surface area is 125 Å². The molecule has 0 fully saturated rings. The van der Waals surface area contributed by atoms with Crippen LogP contribution in [0.4, 0.5) is 0 Å². The highest BCUT2D eigenvalue weighted by atomic mass is 79.9. The van der Waals surface area contributed by atoms with Crippen LogP contribution in [-0.2, 0) is 4.74 Å². The molecule has 3 rings (SSSR count). The van der Waals surface area contributed by atoms with Crippen molar-refractivity contribution in [3.05, 3.63) is 40.0 Å². The van der Waals surface area contributed by atoms with Crippen LogP contribution >= 0.6 is 15.9 Å². The molecule has 20 heavy (non-hydrogen) atoms. The Hall–Kier alpha value is -1.59. The number of fused-ring (bicyclic) bond motifs is 1. The molecule has 2 heterocycles. The maximum atomic E-state index is 11.6. The summed E-state index contributed by atoms with van der Waals surface area (Å²) in [5.74, 6) is -0.325. The van der Waals surface area contributed by atoms with Crippen LogP contribution in [0.3, 0.4) is 0 Å². The summed E-state index contributed by atoms with van der Waals surface area (Å²) >= 11 is 3.51. The minimum absolute atomic E-state index is 0.325. The summed E-state index contributed by atoms with van der Waals surface area (Å²) in [6.07, 6.45) is 3.29. The van der Waals surface area contributed by atoms with Crippen molar-refractivity contribution in [2.24, 2.45) is 0 Å². The number of nitrogens with one attached hydrogen (secondary N) is 2. The van der Waals surface area contributed by atoms with E-state index >= 15 is 0 Å². The molecule has 0 bridgehead atoms. The van der Waals surface area contributed by atoms with Crippen LogP contribution in [0.15, 0.2) is 28.7 Å². The van der Waals surface area contributed by atoms with Crippen LogP contribution in [0.2, 0.25) is 0 Å². The molecule has 1 aliphatic heterocycles. The highest BCUT2D eigenvalue weighted by Crippen LogP contribution is 2.29. The van der Waals surface area contributed by atoms with Gasteiger partial charge in [0, 0.05) is 22.1 Å². The van der Waals surface area contributed by atoms with Gasteiger partial charge in [0.25, 0.3) is 0 Å². The van der Waals surface area contributed by atoms with E-state index in [1.54, 1.807) is 6.07 Å². The second-order valence-corrected chi connectivity index (χ2v) is 5.65. The van der Waals surface area contributed by atoms with Crippen LogP contribution in [0.5, 0.6) is 0 Å². The number of hydrogen-bond acceptors (Lipinski definition) is 3. The molecule has 0 saturated carbocycles. The summed E-state index contributed by atoms with van der Waals surface area (Å²) < 4.78 is 5.64. The molecule has 0 unspecified atom stereocenters. The van der Waals surface area contributed by atoms with Gasteiger partial charge in [-0.05, 0) is 52.7 Å². The van der Waals surface area contributed by atoms with Gasteiger partial charge in [0.15, 0.2) is 0 Å². The topological polar surface area (TPSA) is 54.1 Å². The molecule has 0 spiro atoms. The molecule has 0 aliphatic carbocycles. The van der Waals surface area contributed by atoms with E-state index in [0.29, 0.717) is 5.56 Å². The first kappa shape index (κ1) is 13.4. The van der Waals surface area contributed by atoms with Crippen LogP contribution in [0, 0.1) is 0 Å². The molecule has 0 saturated heterocycles. The van der Waals surface area contributed by atoms with Crippen LogP contribution in [0.1, 0.15) is 22.5 Å². The van der Waals surface area contributed by atoms with E-state index in [2.05, 4.69) is 38.4 Å². The van der Waals surface area contributed by atoms with Gasteiger partial charge in [-0.2, -0.15) is 0 Å². The fourth-order valence-corrected chi connectivity index (χ4v) is 3.03. The molecule has 1 aromatic heterocycles. The van der Waals surface area contributed by atoms with Gasteiger partial charge in [-0.25, -0.2) is 4.79 Å². The fourth-order valence-electron chi connectivity index (χ4n) is 2.46. The number of H-pyrrole nitrogens is 1. The number of aromatic nitrogens is 1. The highest BCUT2D eigenvalue weighted by molar-refractivity contribution is 9.10. The Morgan fingerprint density at radius 1 is 1.35 bits per heavy atom. The van der Waals surface area contributed by atoms with Gasteiger partial charge in [0.2, 0.25) is 0 Å². The van der Waals surface area contributed by atoms with Gasteiger partial charge in [0.1, 0.15) is 0 Å². The van der Waals surface area contributed by atoms with Crippen molar-refractivity contribution in [1.82, 2.24) is 10.3 Å². The lowest BCUT2D eigenvalue weighted by Gasteiger charge is -2.12. The van der Waals surface area contributed by atoms with E-state index in [9.17, 15) is 4.79 Å². The molecule has 0 radical (unpaired) electrons. The summed E-state index contributed by atoms with van der Waals surface area (Å²) in [5.41, 5.74) is 3.90. The van der Waals surface area contributed by atoms with Gasteiger partial charge in [0.05, 0.1) is 18.2 Å². The van der Waals surface area contributed by atoms with Gasteiger partial charge >= 0.3 is 5.97 Å². The zero-order valence-electron chi connectivity index (χ0n) is 11.1. The van der Waals surface area contributed by atoms with Gasteiger partial charge in [-0.15, -0.1) is 0 Å². The van der Waals surface area contributed by atoms with E-state index in [0.717, 1.165) is 40.6 Å². The average molecular weight is 335 g/mol. The molecule has 0 amide bonds. The lowest BCUT2D eigenvalue weighted by Crippen LogP contribution is -2.21. The lowest BCUT2D eigenvalue weighted by molar-refractivity contribution is 0.0601. The molecular formula is C15H15BrN2O2. The third-order valence-corrected chi connectivity index (χ3v) is 4.10. The number of rotatable bonds is 2. The molecule has 2 aromatic rings. The first-order valence-electron chi connectivity index (χ1n) is 6.50. The average Bonchev–Trinajstić information content (AvgIpc) is 2.92. The molecule has 1 aliphatic rings. The first-order valence-corrected chi connectivity index (χ1v) is 7.29. The summed E-state index contributed by atoms with van der Waals surface area (Å²) in [6.45, 7) is 1.90. The molecule has 5 heteroatoms. The maximum absolute atomic E-state index is 11.6. The van der Waals surface area contributed by atoms with Gasteiger partial charge in [-0.3, -0.25) is 0 Å². The number of carbonyl (C=O) groups excluding carboxylic acids is 1. The summed E-state index contributed by atoms with van der Waals surface area (Å²) in [5, 5.41) is 4.36. The number of ether oxygens (including phenoxy) is 1. The number of carbonyl (C=O) groups is 1. The zero-order valence-corrected chi connectivity index (χ0v) is 12.7. The van der Waals surface area contributed by atoms with Crippen molar-refractivity contribution in [1.29, 1.82) is 0 Å². The summed E-state index contributed by atoms with van der Waals surface area (Å²) in [4.78, 5) is 15.1. The monoisotopic (exact) mass is 334 g/mol. The summed E-state index contributed by atoms with van der Waals surface area (Å²) in [6, 6.07) is 5.70. The Kier molecular flexibility index (Phi) is 3.63. The van der Waals surface area contributed by atoms with E-state index < -0.39 is 0 Å². The highest BCUT2D eigenvalue weighted by Gasteiger charge is 2.14. The number of benzene rings is 1. The van der Waals surface area contributed by atoms with Crippen LogP contribution < -0.4 is 5.32 Å². The molecule has 0 atom stereocenters. The second kappa shape index (κ2) is 5.42. The Balaban J connectivity index is 2.08. The second-order valence-electron chi connectivity index (χ2n) is 4.79. The predicted octanol–water partition coefficient (Wildman–Crippen LogP) is 3.09. The van der Waals surface area contributed by atoms with Crippen molar-refractivity contribution in [3.63, 3.8) is 0 Å². The third kappa shape index (κ3) is 2.39. The largest absolute Gasteiger partial charge is 0.465 e. The van der Waals surface area contributed by atoms with Crippen LogP contribution in [0.25, 0.3) is 16.5 Å². The Morgan fingerprint density at radius 3 is 2.90 bits per heavy atom. The van der Waals surface area contributed by atoms with E-state index in [1.165, 1.54) is 12.7 Å². The normalized spacial score (nSPS) is 15.2. The number of halogens is 1. The molecule has 1 aromatic carbocycles. The number of aromatic amines is 1. The summed E-state index contributed by atoms with van der Waals surface area (Å²) in [7, 11) is 1.39. The van der Waals surface area contributed by atoms with Gasteiger partial charge in [-0.1, -0.05) is 6.08 Å². The molecular weight excluding hydrogens is 320 g/mol. The molecule has 4 nitrogen and oxygen atoms in total. The third-order valence-electron chi connectivity index (χ3n) is 3.47. The van der Waals surface area contributed by atoms with Crippen molar-refractivity contribution < 1.29 is 9.53 Å².